The highest BCUT2D eigenvalue weighted by Gasteiger charge is 2.25. The van der Waals surface area contributed by atoms with Crippen LogP contribution < -0.4 is 4.74 Å². The first-order chi connectivity index (χ1) is 19.6. The van der Waals surface area contributed by atoms with Crippen LogP contribution in [0.4, 0.5) is 0 Å². The lowest BCUT2D eigenvalue weighted by Crippen LogP contribution is -2.34. The maximum Gasteiger partial charge on any atom is 0.119 e. The van der Waals surface area contributed by atoms with E-state index < -0.39 is 0 Å². The first-order valence-corrected chi connectivity index (χ1v) is 16.3. The van der Waals surface area contributed by atoms with Crippen LogP contribution in [-0.2, 0) is 14.2 Å². The van der Waals surface area contributed by atoms with Crippen molar-refractivity contribution in [1.29, 1.82) is 0 Å². The molecular weight excluding hydrogens is 496 g/mol. The van der Waals surface area contributed by atoms with Crippen LogP contribution in [0.2, 0.25) is 0 Å². The maximum absolute atomic E-state index is 6.03. The number of ether oxygens (including phenoxy) is 4. The van der Waals surface area contributed by atoms with Gasteiger partial charge in [0.1, 0.15) is 5.75 Å². The van der Waals surface area contributed by atoms with Crippen LogP contribution in [0.1, 0.15) is 115 Å². The molecule has 1 aliphatic carbocycles. The molecule has 4 nitrogen and oxygen atoms in total. The van der Waals surface area contributed by atoms with Gasteiger partial charge in [0.15, 0.2) is 0 Å². The molecule has 1 aromatic rings. The molecule has 1 saturated carbocycles. The first kappa shape index (κ1) is 34.6. The number of hydrogen-bond acceptors (Lipinski definition) is 4. The van der Waals surface area contributed by atoms with Crippen LogP contribution in [-0.4, -0.2) is 46.2 Å². The first-order valence-electron chi connectivity index (χ1n) is 16.3. The van der Waals surface area contributed by atoms with Gasteiger partial charge in [-0.15, -0.1) is 13.2 Å². The fraction of sp³-hybridized carbons (Fsp3) is 0.722. The highest BCUT2D eigenvalue weighted by Crippen LogP contribution is 2.38. The molecule has 0 bridgehead atoms. The van der Waals surface area contributed by atoms with Crippen molar-refractivity contribution in [3.8, 4) is 5.75 Å². The van der Waals surface area contributed by atoms with Gasteiger partial charge in [0.2, 0.25) is 0 Å². The molecule has 40 heavy (non-hydrogen) atoms. The van der Waals surface area contributed by atoms with Crippen molar-refractivity contribution in [2.24, 2.45) is 11.3 Å². The zero-order chi connectivity index (χ0) is 28.7. The summed E-state index contributed by atoms with van der Waals surface area (Å²) in [7, 11) is 0. The van der Waals surface area contributed by atoms with Crippen molar-refractivity contribution in [1.82, 2.24) is 0 Å². The van der Waals surface area contributed by atoms with Gasteiger partial charge in [0.25, 0.3) is 0 Å². The Morgan fingerprint density at radius 1 is 0.725 bits per heavy atom. The third-order valence-corrected chi connectivity index (χ3v) is 8.19. The van der Waals surface area contributed by atoms with E-state index >= 15 is 0 Å². The summed E-state index contributed by atoms with van der Waals surface area (Å²) in [5.74, 6) is 2.74. The summed E-state index contributed by atoms with van der Waals surface area (Å²) in [6.45, 7) is 16.4. The average Bonchev–Trinajstić information content (AvgIpc) is 2.97. The predicted molar refractivity (Wildman–Crippen MR) is 169 cm³/mol. The Morgan fingerprint density at radius 2 is 1.30 bits per heavy atom. The molecule has 1 aromatic carbocycles. The number of benzene rings is 1. The summed E-state index contributed by atoms with van der Waals surface area (Å²) in [6, 6.07) is 8.99. The van der Waals surface area contributed by atoms with E-state index in [0.29, 0.717) is 33.0 Å². The SMILES string of the molecule is C=CCOCC(C)(COCC=C)COCCCCCCCCOc1ccc(C2CCC(CCCCC)CC2)cc1. The van der Waals surface area contributed by atoms with E-state index in [0.717, 1.165) is 43.6 Å². The Hall–Kier alpha value is -1.62. The molecule has 0 spiro atoms. The maximum atomic E-state index is 6.03. The average molecular weight is 557 g/mol. The van der Waals surface area contributed by atoms with Gasteiger partial charge >= 0.3 is 0 Å². The van der Waals surface area contributed by atoms with Gasteiger partial charge in [0, 0.05) is 12.0 Å². The van der Waals surface area contributed by atoms with Gasteiger partial charge in [0.05, 0.1) is 39.6 Å². The van der Waals surface area contributed by atoms with E-state index in [1.54, 1.807) is 12.2 Å². The molecule has 0 heterocycles. The zero-order valence-electron chi connectivity index (χ0n) is 26.0. The van der Waals surface area contributed by atoms with Crippen LogP contribution in [0, 0.1) is 11.3 Å². The van der Waals surface area contributed by atoms with E-state index in [-0.39, 0.29) is 5.41 Å². The van der Waals surface area contributed by atoms with Crippen molar-refractivity contribution in [2.45, 2.75) is 110 Å². The molecule has 1 fully saturated rings. The monoisotopic (exact) mass is 556 g/mol. The molecule has 0 aromatic heterocycles. The van der Waals surface area contributed by atoms with Gasteiger partial charge in [-0.25, -0.2) is 0 Å². The lowest BCUT2D eigenvalue weighted by molar-refractivity contribution is -0.0516. The molecule has 0 unspecified atom stereocenters. The predicted octanol–water partition coefficient (Wildman–Crippen LogP) is 9.69. The van der Waals surface area contributed by atoms with Crippen molar-refractivity contribution in [3.05, 3.63) is 55.1 Å². The second-order valence-electron chi connectivity index (χ2n) is 12.2. The van der Waals surface area contributed by atoms with Gasteiger partial charge in [-0.1, -0.05) is 89.5 Å². The number of unbranched alkanes of at least 4 members (excludes halogenated alkanes) is 7. The Kier molecular flexibility index (Phi) is 19.1. The van der Waals surface area contributed by atoms with Gasteiger partial charge < -0.3 is 18.9 Å². The van der Waals surface area contributed by atoms with Crippen LogP contribution >= 0.6 is 0 Å². The van der Waals surface area contributed by atoms with Crippen LogP contribution in [0.5, 0.6) is 5.75 Å². The van der Waals surface area contributed by atoms with Gasteiger partial charge in [-0.05, 0) is 68.1 Å². The Bertz CT molecular complexity index is 737. The van der Waals surface area contributed by atoms with Crippen molar-refractivity contribution in [2.75, 3.05) is 46.2 Å². The normalized spacial score (nSPS) is 17.6. The molecule has 0 amide bonds. The molecular formula is C36H60O4. The van der Waals surface area contributed by atoms with E-state index in [1.807, 2.05) is 0 Å². The summed E-state index contributed by atoms with van der Waals surface area (Å²) >= 11 is 0. The van der Waals surface area contributed by atoms with Crippen LogP contribution in [0.25, 0.3) is 0 Å². The largest absolute Gasteiger partial charge is 0.494 e. The molecule has 1 aliphatic rings. The quantitative estimate of drug-likeness (QED) is 0.0887. The molecule has 2 rings (SSSR count). The topological polar surface area (TPSA) is 36.9 Å². The van der Waals surface area contributed by atoms with E-state index in [2.05, 4.69) is 51.3 Å². The molecule has 0 saturated heterocycles. The minimum atomic E-state index is -0.153. The Morgan fingerprint density at radius 3 is 1.90 bits per heavy atom. The summed E-state index contributed by atoms with van der Waals surface area (Å²) in [5.41, 5.74) is 1.36. The second-order valence-corrected chi connectivity index (χ2v) is 12.2. The fourth-order valence-corrected chi connectivity index (χ4v) is 5.73. The molecule has 0 radical (unpaired) electrons. The summed E-state index contributed by atoms with van der Waals surface area (Å²) in [5, 5.41) is 0. The third-order valence-electron chi connectivity index (χ3n) is 8.19. The molecule has 4 heteroatoms. The van der Waals surface area contributed by atoms with Crippen molar-refractivity contribution >= 4 is 0 Å². The lowest BCUT2D eigenvalue weighted by atomic mass is 9.77. The fourth-order valence-electron chi connectivity index (χ4n) is 5.73. The standard InChI is InChI=1S/C36H60O4/c1-5-8-13-16-32-17-19-33(20-18-32)34-21-23-35(24-22-34)40-28-15-12-10-9-11-14-27-39-31-36(4,29-37-25-6-2)30-38-26-7-3/h6-7,21-24,32-33H,2-3,5,8-20,25-31H2,1,4H3. The van der Waals surface area contributed by atoms with Gasteiger partial charge in [-0.3, -0.25) is 0 Å². The molecule has 228 valence electrons. The van der Waals surface area contributed by atoms with Crippen LogP contribution in [0.3, 0.4) is 0 Å². The Labute approximate surface area is 246 Å². The highest BCUT2D eigenvalue weighted by atomic mass is 16.5. The smallest absolute Gasteiger partial charge is 0.119 e. The summed E-state index contributed by atoms with van der Waals surface area (Å²) < 4.78 is 23.4. The van der Waals surface area contributed by atoms with Crippen LogP contribution in [0.15, 0.2) is 49.6 Å². The number of hydrogen-bond donors (Lipinski definition) is 0. The van der Waals surface area contributed by atoms with E-state index in [9.17, 15) is 0 Å². The summed E-state index contributed by atoms with van der Waals surface area (Å²) in [4.78, 5) is 0. The second kappa shape index (κ2) is 22.0. The van der Waals surface area contributed by atoms with Crippen molar-refractivity contribution in [3.63, 3.8) is 0 Å². The minimum Gasteiger partial charge on any atom is -0.494 e. The molecule has 0 N–H and O–H groups in total. The van der Waals surface area contributed by atoms with E-state index in [1.165, 1.54) is 82.6 Å². The molecule has 0 atom stereocenters. The molecule has 0 aliphatic heterocycles. The highest BCUT2D eigenvalue weighted by molar-refractivity contribution is 5.29. The van der Waals surface area contributed by atoms with Gasteiger partial charge in [-0.2, -0.15) is 0 Å². The lowest BCUT2D eigenvalue weighted by Gasteiger charge is -2.29. The number of rotatable bonds is 25. The Balaban J connectivity index is 1.47. The minimum absolute atomic E-state index is 0.153. The summed E-state index contributed by atoms with van der Waals surface area (Å²) in [6.07, 6.45) is 21.9. The zero-order valence-corrected chi connectivity index (χ0v) is 26.0. The van der Waals surface area contributed by atoms with E-state index in [4.69, 9.17) is 18.9 Å². The third kappa shape index (κ3) is 15.4. The van der Waals surface area contributed by atoms with Crippen molar-refractivity contribution < 1.29 is 18.9 Å².